The van der Waals surface area contributed by atoms with Gasteiger partial charge in [-0.25, -0.2) is 8.42 Å². The molecule has 1 amide bonds. The lowest BCUT2D eigenvalue weighted by molar-refractivity contribution is -0.131. The minimum atomic E-state index is -4.56. The fraction of sp³-hybridized carbons (Fsp3) is 0.588. The summed E-state index contributed by atoms with van der Waals surface area (Å²) in [4.78, 5) is 17.9. The summed E-state index contributed by atoms with van der Waals surface area (Å²) in [5.74, 6) is -3.23. The molecule has 0 unspecified atom stereocenters. The van der Waals surface area contributed by atoms with Gasteiger partial charge < -0.3 is 9.80 Å². The molecule has 0 saturated carbocycles. The normalized spacial score (nSPS) is 19.3. The lowest BCUT2D eigenvalue weighted by Gasteiger charge is -2.36. The molecule has 0 spiro atoms. The van der Waals surface area contributed by atoms with Gasteiger partial charge in [-0.3, -0.25) is 9.69 Å². The summed E-state index contributed by atoms with van der Waals surface area (Å²) in [7, 11) is -4.56. The number of likely N-dealkylation sites (tertiary alicyclic amines) is 1. The van der Waals surface area contributed by atoms with Crippen LogP contribution >= 0.6 is 0 Å². The van der Waals surface area contributed by atoms with E-state index in [1.165, 1.54) is 12.1 Å². The molecule has 2 saturated heterocycles. The maximum absolute atomic E-state index is 12.6. The van der Waals surface area contributed by atoms with Gasteiger partial charge in [0.1, 0.15) is 0 Å². The second kappa shape index (κ2) is 7.87. The van der Waals surface area contributed by atoms with Crippen LogP contribution in [0.1, 0.15) is 12.8 Å². The van der Waals surface area contributed by atoms with Crippen LogP contribution < -0.4 is 4.90 Å². The average molecular weight is 387 g/mol. The van der Waals surface area contributed by atoms with Crippen molar-refractivity contribution in [3.05, 3.63) is 24.3 Å². The number of alkyl halides is 2. The number of anilines is 1. The summed E-state index contributed by atoms with van der Waals surface area (Å²) in [5, 5.41) is 0. The van der Waals surface area contributed by atoms with E-state index < -0.39 is 15.6 Å². The Kier molecular flexibility index (Phi) is 5.76. The smallest absolute Gasteiger partial charge is 0.341 e. The van der Waals surface area contributed by atoms with Crippen LogP contribution in [0.15, 0.2) is 29.2 Å². The molecule has 3 rings (SSSR count). The Morgan fingerprint density at radius 2 is 1.54 bits per heavy atom. The average Bonchev–Trinajstić information content (AvgIpc) is 3.17. The summed E-state index contributed by atoms with van der Waals surface area (Å²) < 4.78 is 48.1. The van der Waals surface area contributed by atoms with Crippen LogP contribution in [-0.4, -0.2) is 75.7 Å². The topological polar surface area (TPSA) is 60.9 Å². The zero-order valence-electron chi connectivity index (χ0n) is 14.5. The lowest BCUT2D eigenvalue weighted by Crippen LogP contribution is -2.49. The minimum Gasteiger partial charge on any atom is -0.369 e. The molecule has 2 fully saturated rings. The SMILES string of the molecule is O=C(CN1CCN(c2ccc(S(=O)(=O)C(F)F)cc2)CC1)N1CCCC1. The van der Waals surface area contributed by atoms with Crippen LogP contribution in [0.4, 0.5) is 14.5 Å². The Bertz CT molecular complexity index is 726. The van der Waals surface area contributed by atoms with Gasteiger partial charge in [0, 0.05) is 45.0 Å². The summed E-state index contributed by atoms with van der Waals surface area (Å²) in [6.07, 6.45) is 2.16. The molecule has 2 heterocycles. The van der Waals surface area contributed by atoms with Gasteiger partial charge in [0.05, 0.1) is 11.4 Å². The van der Waals surface area contributed by atoms with E-state index in [1.54, 1.807) is 12.1 Å². The minimum absolute atomic E-state index is 0.178. The number of carbonyl (C=O) groups is 1. The molecule has 1 aromatic carbocycles. The standard InChI is InChI=1S/C17H23F2N3O3S/c18-17(19)26(24,25)15-5-3-14(4-6-15)21-11-9-20(10-12-21)13-16(23)22-7-1-2-8-22/h3-6,17H,1-2,7-13H2. The highest BCUT2D eigenvalue weighted by Gasteiger charge is 2.27. The third-order valence-corrected chi connectivity index (χ3v) is 6.35. The molecular weight excluding hydrogens is 364 g/mol. The second-order valence-corrected chi connectivity index (χ2v) is 8.57. The van der Waals surface area contributed by atoms with Gasteiger partial charge in [-0.05, 0) is 37.1 Å². The Labute approximate surface area is 152 Å². The zero-order chi connectivity index (χ0) is 18.7. The third-order valence-electron chi connectivity index (χ3n) is 4.95. The number of halogens is 2. The first-order chi connectivity index (χ1) is 12.4. The molecule has 0 aromatic heterocycles. The van der Waals surface area contributed by atoms with E-state index in [1.807, 2.05) is 4.90 Å². The van der Waals surface area contributed by atoms with Crippen molar-refractivity contribution in [1.29, 1.82) is 0 Å². The van der Waals surface area contributed by atoms with Crippen LogP contribution in [0, 0.1) is 0 Å². The van der Waals surface area contributed by atoms with Crippen molar-refractivity contribution in [3.8, 4) is 0 Å². The molecule has 26 heavy (non-hydrogen) atoms. The van der Waals surface area contributed by atoms with Crippen LogP contribution in [0.3, 0.4) is 0 Å². The molecule has 6 nitrogen and oxygen atoms in total. The first kappa shape index (κ1) is 19.0. The summed E-state index contributed by atoms with van der Waals surface area (Å²) in [6, 6.07) is 5.56. The van der Waals surface area contributed by atoms with Crippen molar-refractivity contribution >= 4 is 21.4 Å². The molecule has 0 N–H and O–H groups in total. The highest BCUT2D eigenvalue weighted by atomic mass is 32.2. The molecule has 9 heteroatoms. The lowest BCUT2D eigenvalue weighted by atomic mass is 10.2. The second-order valence-electron chi connectivity index (χ2n) is 6.65. The largest absolute Gasteiger partial charge is 0.369 e. The first-order valence-corrected chi connectivity index (χ1v) is 10.3. The number of amides is 1. The summed E-state index contributed by atoms with van der Waals surface area (Å²) >= 11 is 0. The number of sulfone groups is 1. The third kappa shape index (κ3) is 4.15. The zero-order valence-corrected chi connectivity index (χ0v) is 15.3. The fourth-order valence-electron chi connectivity index (χ4n) is 3.37. The monoisotopic (exact) mass is 387 g/mol. The molecule has 2 aliphatic heterocycles. The van der Waals surface area contributed by atoms with E-state index in [0.717, 1.165) is 44.7 Å². The predicted molar refractivity (Wildman–Crippen MR) is 94.1 cm³/mol. The van der Waals surface area contributed by atoms with Crippen LogP contribution in [0.25, 0.3) is 0 Å². The van der Waals surface area contributed by atoms with E-state index in [2.05, 4.69) is 9.80 Å². The van der Waals surface area contributed by atoms with Gasteiger partial charge in [0.15, 0.2) is 0 Å². The molecule has 144 valence electrons. The van der Waals surface area contributed by atoms with Crippen molar-refractivity contribution in [3.63, 3.8) is 0 Å². The van der Waals surface area contributed by atoms with Crippen molar-refractivity contribution in [1.82, 2.24) is 9.80 Å². The van der Waals surface area contributed by atoms with Crippen molar-refractivity contribution in [2.24, 2.45) is 0 Å². The number of benzene rings is 1. The Balaban J connectivity index is 1.54. The van der Waals surface area contributed by atoms with Crippen LogP contribution in [-0.2, 0) is 14.6 Å². The summed E-state index contributed by atoms with van der Waals surface area (Å²) in [6.45, 7) is 5.01. The number of hydrogen-bond acceptors (Lipinski definition) is 5. The maximum atomic E-state index is 12.6. The van der Waals surface area contributed by atoms with E-state index >= 15 is 0 Å². The van der Waals surface area contributed by atoms with Crippen LogP contribution in [0.5, 0.6) is 0 Å². The van der Waals surface area contributed by atoms with Gasteiger partial charge in [-0.1, -0.05) is 0 Å². The molecule has 2 aliphatic rings. The van der Waals surface area contributed by atoms with Crippen molar-refractivity contribution in [2.75, 3.05) is 50.7 Å². The number of nitrogens with zero attached hydrogens (tertiary/aromatic N) is 3. The highest BCUT2D eigenvalue weighted by molar-refractivity contribution is 7.91. The number of rotatable bonds is 5. The highest BCUT2D eigenvalue weighted by Crippen LogP contribution is 2.23. The molecule has 0 aliphatic carbocycles. The van der Waals surface area contributed by atoms with Gasteiger partial charge in [0.25, 0.3) is 0 Å². The predicted octanol–water partition coefficient (Wildman–Crippen LogP) is 1.43. The van der Waals surface area contributed by atoms with Gasteiger partial charge in [-0.2, -0.15) is 8.78 Å². The molecule has 1 aromatic rings. The number of hydrogen-bond donors (Lipinski definition) is 0. The van der Waals surface area contributed by atoms with Crippen molar-refractivity contribution < 1.29 is 22.0 Å². The van der Waals surface area contributed by atoms with Crippen LogP contribution in [0.2, 0.25) is 0 Å². The summed E-state index contributed by atoms with van der Waals surface area (Å²) in [5.41, 5.74) is 0.795. The molecule has 0 bridgehead atoms. The molecular formula is C17H23F2N3O3S. The molecule has 0 atom stereocenters. The Morgan fingerprint density at radius 1 is 0.962 bits per heavy atom. The van der Waals surface area contributed by atoms with E-state index in [4.69, 9.17) is 0 Å². The van der Waals surface area contributed by atoms with E-state index in [-0.39, 0.29) is 10.8 Å². The number of piperazine rings is 1. The van der Waals surface area contributed by atoms with Gasteiger partial charge in [0.2, 0.25) is 15.7 Å². The first-order valence-electron chi connectivity index (χ1n) is 8.75. The maximum Gasteiger partial charge on any atom is 0.341 e. The number of carbonyl (C=O) groups excluding carboxylic acids is 1. The quantitative estimate of drug-likeness (QED) is 0.765. The molecule has 0 radical (unpaired) electrons. The van der Waals surface area contributed by atoms with E-state index in [9.17, 15) is 22.0 Å². The van der Waals surface area contributed by atoms with Gasteiger partial charge >= 0.3 is 5.76 Å². The van der Waals surface area contributed by atoms with E-state index in [0.29, 0.717) is 19.6 Å². The Morgan fingerprint density at radius 3 is 2.08 bits per heavy atom. The van der Waals surface area contributed by atoms with Crippen molar-refractivity contribution in [2.45, 2.75) is 23.5 Å². The fourth-order valence-corrected chi connectivity index (χ4v) is 4.09. The Hall–Kier alpha value is -1.74. The van der Waals surface area contributed by atoms with Gasteiger partial charge in [-0.15, -0.1) is 0 Å².